The summed E-state index contributed by atoms with van der Waals surface area (Å²) in [6.07, 6.45) is 8.05. The first kappa shape index (κ1) is 21.5. The molecule has 0 amide bonds. The van der Waals surface area contributed by atoms with Gasteiger partial charge in [0.15, 0.2) is 0 Å². The average molecular weight is 452 g/mol. The third kappa shape index (κ3) is 4.63. The quantitative estimate of drug-likeness (QED) is 0.366. The van der Waals surface area contributed by atoms with Crippen LogP contribution in [0.3, 0.4) is 0 Å². The van der Waals surface area contributed by atoms with Crippen molar-refractivity contribution in [1.29, 1.82) is 0 Å². The van der Waals surface area contributed by atoms with E-state index in [9.17, 15) is 0 Å². The number of aromatic amines is 1. The third-order valence-electron chi connectivity index (χ3n) is 7.35. The minimum atomic E-state index is 0.300. The van der Waals surface area contributed by atoms with E-state index in [1.165, 1.54) is 47.2 Å². The molecule has 1 fully saturated rings. The van der Waals surface area contributed by atoms with E-state index in [0.717, 1.165) is 55.4 Å². The summed E-state index contributed by atoms with van der Waals surface area (Å²) in [5.74, 6) is 1.02. The Hall–Kier alpha value is -3.02. The van der Waals surface area contributed by atoms with Crippen LogP contribution in [0, 0.1) is 6.92 Å². The molecule has 34 heavy (non-hydrogen) atoms. The van der Waals surface area contributed by atoms with E-state index in [1.807, 2.05) is 6.20 Å². The van der Waals surface area contributed by atoms with Crippen molar-refractivity contribution in [2.75, 3.05) is 0 Å². The van der Waals surface area contributed by atoms with Crippen molar-refractivity contribution in [3.63, 3.8) is 0 Å². The largest absolute Gasteiger partial charge is 0.341 e. The zero-order valence-electron chi connectivity index (χ0n) is 19.9. The smallest absolute Gasteiger partial charge is 0.121 e. The van der Waals surface area contributed by atoms with Gasteiger partial charge in [-0.2, -0.15) is 0 Å². The molecule has 2 N–H and O–H groups in total. The summed E-state index contributed by atoms with van der Waals surface area (Å²) < 4.78 is 0. The second-order valence-electron chi connectivity index (χ2n) is 9.98. The van der Waals surface area contributed by atoms with Gasteiger partial charge in [-0.3, -0.25) is 9.88 Å². The third-order valence-corrected chi connectivity index (χ3v) is 7.35. The molecule has 1 saturated carbocycles. The molecule has 0 aliphatic heterocycles. The lowest BCUT2D eigenvalue weighted by atomic mass is 9.90. The molecule has 5 heteroatoms. The van der Waals surface area contributed by atoms with E-state index in [0.29, 0.717) is 6.04 Å². The molecule has 1 atom stereocenters. The number of fused-ring (bicyclic) bond motifs is 2. The summed E-state index contributed by atoms with van der Waals surface area (Å²) in [5.41, 5.74) is 8.89. The van der Waals surface area contributed by atoms with Crippen molar-refractivity contribution in [1.82, 2.24) is 25.2 Å². The Labute approximate surface area is 201 Å². The lowest BCUT2D eigenvalue weighted by molar-refractivity contribution is 0.153. The zero-order valence-corrected chi connectivity index (χ0v) is 19.9. The van der Waals surface area contributed by atoms with Gasteiger partial charge in [0, 0.05) is 25.3 Å². The Morgan fingerprint density at radius 1 is 1.03 bits per heavy atom. The fraction of sp³-hybridized carbons (Fsp3) is 0.379. The van der Waals surface area contributed by atoms with Gasteiger partial charge in [-0.05, 0) is 79.5 Å². The monoisotopic (exact) mass is 451 g/mol. The molecule has 2 heterocycles. The first-order chi connectivity index (χ1) is 16.7. The molecular formula is C29H33N5. The molecule has 6 rings (SSSR count). The predicted molar refractivity (Wildman–Crippen MR) is 136 cm³/mol. The Balaban J connectivity index is 1.29. The van der Waals surface area contributed by atoms with Crippen LogP contribution in [-0.2, 0) is 26.1 Å². The number of nitrogens with one attached hydrogen (secondary N) is 2. The highest BCUT2D eigenvalue weighted by Crippen LogP contribution is 2.35. The van der Waals surface area contributed by atoms with E-state index in [1.54, 1.807) is 0 Å². The van der Waals surface area contributed by atoms with Crippen molar-refractivity contribution in [2.45, 2.75) is 70.7 Å². The number of para-hydroxylation sites is 2. The number of aryl methyl sites for hydroxylation is 2. The van der Waals surface area contributed by atoms with Gasteiger partial charge in [-0.25, -0.2) is 4.98 Å². The molecule has 0 bridgehead atoms. The number of H-pyrrole nitrogens is 1. The topological polar surface area (TPSA) is 56.8 Å². The van der Waals surface area contributed by atoms with Crippen molar-refractivity contribution >= 4 is 11.0 Å². The summed E-state index contributed by atoms with van der Waals surface area (Å²) in [5, 5.41) is 3.64. The number of hydrogen-bond donors (Lipinski definition) is 2. The fourth-order valence-electron chi connectivity index (χ4n) is 5.30. The first-order valence-electron chi connectivity index (χ1n) is 12.7. The molecule has 2 aromatic heterocycles. The van der Waals surface area contributed by atoms with Crippen LogP contribution in [0.25, 0.3) is 11.0 Å². The molecule has 5 nitrogen and oxygen atoms in total. The van der Waals surface area contributed by atoms with Gasteiger partial charge in [0.05, 0.1) is 29.3 Å². The van der Waals surface area contributed by atoms with Gasteiger partial charge in [0.2, 0.25) is 0 Å². The Morgan fingerprint density at radius 3 is 2.79 bits per heavy atom. The number of benzene rings is 2. The molecule has 174 valence electrons. The average Bonchev–Trinajstić information content (AvgIpc) is 3.60. The minimum Gasteiger partial charge on any atom is -0.341 e. The molecule has 1 unspecified atom stereocenters. The Bertz CT molecular complexity index is 1260. The van der Waals surface area contributed by atoms with E-state index < -0.39 is 0 Å². The minimum absolute atomic E-state index is 0.300. The van der Waals surface area contributed by atoms with E-state index in [4.69, 9.17) is 9.97 Å². The van der Waals surface area contributed by atoms with Crippen LogP contribution in [0.15, 0.2) is 60.8 Å². The standard InChI is InChI=1S/C29H33N5/c1-20-16-21(17-31-24-13-14-24)11-12-23(20)18-34(19-28-32-25-8-2-3-9-26(25)33-28)27-10-4-6-22-7-5-15-30-29(22)27/h2-3,5,7-9,11-12,15-16,24,27,31H,4,6,10,13-14,17-19H2,1H3,(H,32,33). The number of nitrogens with zero attached hydrogens (tertiary/aromatic N) is 3. The predicted octanol–water partition coefficient (Wildman–Crippen LogP) is 5.60. The molecule has 2 aromatic carbocycles. The maximum Gasteiger partial charge on any atom is 0.121 e. The molecular weight excluding hydrogens is 418 g/mol. The van der Waals surface area contributed by atoms with Crippen LogP contribution in [0.5, 0.6) is 0 Å². The van der Waals surface area contributed by atoms with Crippen molar-refractivity contribution in [2.24, 2.45) is 0 Å². The van der Waals surface area contributed by atoms with Gasteiger partial charge in [-0.1, -0.05) is 36.4 Å². The van der Waals surface area contributed by atoms with Crippen molar-refractivity contribution < 1.29 is 0 Å². The second-order valence-corrected chi connectivity index (χ2v) is 9.98. The highest BCUT2D eigenvalue weighted by Gasteiger charge is 2.28. The molecule has 2 aliphatic carbocycles. The number of aromatic nitrogens is 3. The maximum absolute atomic E-state index is 4.90. The lowest BCUT2D eigenvalue weighted by Gasteiger charge is -2.35. The van der Waals surface area contributed by atoms with Gasteiger partial charge < -0.3 is 10.3 Å². The number of pyridine rings is 1. The van der Waals surface area contributed by atoms with Gasteiger partial charge in [-0.15, -0.1) is 0 Å². The second kappa shape index (κ2) is 9.32. The summed E-state index contributed by atoms with van der Waals surface area (Å²) in [6.45, 7) is 4.89. The zero-order chi connectivity index (χ0) is 22.9. The maximum atomic E-state index is 4.90. The number of imidazole rings is 1. The van der Waals surface area contributed by atoms with E-state index in [-0.39, 0.29) is 0 Å². The highest BCUT2D eigenvalue weighted by atomic mass is 15.2. The summed E-state index contributed by atoms with van der Waals surface area (Å²) in [7, 11) is 0. The molecule has 0 spiro atoms. The number of hydrogen-bond acceptors (Lipinski definition) is 4. The van der Waals surface area contributed by atoms with Crippen LogP contribution in [0.4, 0.5) is 0 Å². The van der Waals surface area contributed by atoms with Crippen molar-refractivity contribution in [3.8, 4) is 0 Å². The number of rotatable bonds is 8. The highest BCUT2D eigenvalue weighted by molar-refractivity contribution is 5.74. The van der Waals surface area contributed by atoms with Gasteiger partial charge >= 0.3 is 0 Å². The van der Waals surface area contributed by atoms with Crippen LogP contribution >= 0.6 is 0 Å². The molecule has 4 aromatic rings. The summed E-state index contributed by atoms with van der Waals surface area (Å²) in [4.78, 5) is 15.9. The molecule has 0 radical (unpaired) electrons. The Kier molecular flexibility index (Phi) is 5.90. The van der Waals surface area contributed by atoms with Crippen LogP contribution in [0.1, 0.15) is 65.5 Å². The SMILES string of the molecule is Cc1cc(CNC2CC2)ccc1CN(Cc1nc2ccccc2[nH]1)C1CCCc2cccnc21. The molecule has 0 saturated heterocycles. The fourth-order valence-corrected chi connectivity index (χ4v) is 5.30. The molecule has 2 aliphatic rings. The first-order valence-corrected chi connectivity index (χ1v) is 12.7. The van der Waals surface area contributed by atoms with E-state index >= 15 is 0 Å². The van der Waals surface area contributed by atoms with Crippen LogP contribution in [0.2, 0.25) is 0 Å². The normalized spacial score (nSPS) is 17.9. The van der Waals surface area contributed by atoms with Crippen LogP contribution < -0.4 is 5.32 Å². The Morgan fingerprint density at radius 2 is 1.94 bits per heavy atom. The van der Waals surface area contributed by atoms with Crippen molar-refractivity contribution in [3.05, 3.63) is 94.6 Å². The summed E-state index contributed by atoms with van der Waals surface area (Å²) in [6, 6.07) is 20.6. The van der Waals surface area contributed by atoms with Gasteiger partial charge in [0.1, 0.15) is 5.82 Å². The van der Waals surface area contributed by atoms with E-state index in [2.05, 4.69) is 76.7 Å². The lowest BCUT2D eigenvalue weighted by Crippen LogP contribution is -2.32. The van der Waals surface area contributed by atoms with Crippen LogP contribution in [-0.4, -0.2) is 25.9 Å². The van der Waals surface area contributed by atoms with Gasteiger partial charge in [0.25, 0.3) is 0 Å². The summed E-state index contributed by atoms with van der Waals surface area (Å²) >= 11 is 0.